The molecule has 2 heterocycles. The summed E-state index contributed by atoms with van der Waals surface area (Å²) in [5, 5.41) is 2.69. The third kappa shape index (κ3) is 3.79. The molecule has 116 valence electrons. The van der Waals surface area contributed by atoms with Crippen LogP contribution in [-0.4, -0.2) is 59.3 Å². The van der Waals surface area contributed by atoms with Gasteiger partial charge in [0.2, 0.25) is 5.91 Å². The number of thiazole rings is 1. The highest BCUT2D eigenvalue weighted by Crippen LogP contribution is 2.14. The second-order valence-corrected chi connectivity index (χ2v) is 6.38. The maximum absolute atomic E-state index is 12.4. The zero-order valence-electron chi connectivity index (χ0n) is 12.5. The Kier molecular flexibility index (Phi) is 5.30. The fourth-order valence-electron chi connectivity index (χ4n) is 2.30. The molecule has 0 aliphatic carbocycles. The first kappa shape index (κ1) is 15.9. The molecule has 1 fully saturated rings. The molecular formula is C14H22N4O2S. The van der Waals surface area contributed by atoms with E-state index < -0.39 is 0 Å². The molecule has 1 aliphatic heterocycles. The summed E-state index contributed by atoms with van der Waals surface area (Å²) in [4.78, 5) is 32.2. The van der Waals surface area contributed by atoms with Gasteiger partial charge in [-0.15, -0.1) is 11.3 Å². The standard InChI is InChI=1S/C14H22N4O2S/c1-10(2)13(19)17-5-7-18(8-6-17)14(20)11-9-21-12(16-11)3-4-15/h9-10H,3-8,15H2,1-2H3. The molecule has 1 aliphatic rings. The summed E-state index contributed by atoms with van der Waals surface area (Å²) in [7, 11) is 0. The highest BCUT2D eigenvalue weighted by Gasteiger charge is 2.26. The number of nitrogens with zero attached hydrogens (tertiary/aromatic N) is 3. The summed E-state index contributed by atoms with van der Waals surface area (Å²) in [5.74, 6) is 0.108. The van der Waals surface area contributed by atoms with Gasteiger partial charge in [0, 0.05) is 43.9 Å². The number of nitrogens with two attached hydrogens (primary N) is 1. The van der Waals surface area contributed by atoms with Gasteiger partial charge in [-0.3, -0.25) is 9.59 Å². The molecule has 1 aromatic rings. The first-order chi connectivity index (χ1) is 10.0. The number of piperazine rings is 1. The maximum atomic E-state index is 12.4. The molecule has 6 nitrogen and oxygen atoms in total. The van der Waals surface area contributed by atoms with E-state index in [1.54, 1.807) is 10.3 Å². The smallest absolute Gasteiger partial charge is 0.273 e. The first-order valence-electron chi connectivity index (χ1n) is 7.25. The van der Waals surface area contributed by atoms with Crippen LogP contribution in [0.4, 0.5) is 0 Å². The molecule has 21 heavy (non-hydrogen) atoms. The summed E-state index contributed by atoms with van der Waals surface area (Å²) in [6.45, 7) is 6.67. The number of hydrogen-bond donors (Lipinski definition) is 1. The minimum atomic E-state index is -0.0498. The molecule has 2 amide bonds. The average molecular weight is 310 g/mol. The minimum absolute atomic E-state index is 0.00427. The molecule has 1 saturated heterocycles. The van der Waals surface area contributed by atoms with E-state index in [0.29, 0.717) is 44.8 Å². The SMILES string of the molecule is CC(C)C(=O)N1CCN(C(=O)c2csc(CCN)n2)CC1. The van der Waals surface area contributed by atoms with E-state index in [4.69, 9.17) is 5.73 Å². The van der Waals surface area contributed by atoms with Gasteiger partial charge < -0.3 is 15.5 Å². The third-order valence-corrected chi connectivity index (χ3v) is 4.41. The molecule has 0 atom stereocenters. The van der Waals surface area contributed by atoms with Gasteiger partial charge in [-0.05, 0) is 6.54 Å². The number of carbonyl (C=O) groups is 2. The molecule has 2 rings (SSSR count). The van der Waals surface area contributed by atoms with Crippen molar-refractivity contribution in [1.82, 2.24) is 14.8 Å². The number of hydrogen-bond acceptors (Lipinski definition) is 5. The second kappa shape index (κ2) is 7.00. The van der Waals surface area contributed by atoms with Crippen LogP contribution in [0.2, 0.25) is 0 Å². The van der Waals surface area contributed by atoms with Crippen molar-refractivity contribution in [3.63, 3.8) is 0 Å². The van der Waals surface area contributed by atoms with Crippen molar-refractivity contribution in [2.45, 2.75) is 20.3 Å². The van der Waals surface area contributed by atoms with Crippen LogP contribution < -0.4 is 5.73 Å². The van der Waals surface area contributed by atoms with E-state index in [2.05, 4.69) is 4.98 Å². The summed E-state index contributed by atoms with van der Waals surface area (Å²) in [6, 6.07) is 0. The van der Waals surface area contributed by atoms with E-state index in [9.17, 15) is 9.59 Å². The topological polar surface area (TPSA) is 79.5 Å². The van der Waals surface area contributed by atoms with Crippen LogP contribution in [-0.2, 0) is 11.2 Å². The highest BCUT2D eigenvalue weighted by atomic mass is 32.1. The van der Waals surface area contributed by atoms with Gasteiger partial charge in [0.1, 0.15) is 5.69 Å². The Bertz CT molecular complexity index is 507. The first-order valence-corrected chi connectivity index (χ1v) is 8.13. The second-order valence-electron chi connectivity index (χ2n) is 5.44. The van der Waals surface area contributed by atoms with Crippen molar-refractivity contribution in [1.29, 1.82) is 0 Å². The largest absolute Gasteiger partial charge is 0.339 e. The fourth-order valence-corrected chi connectivity index (χ4v) is 3.09. The lowest BCUT2D eigenvalue weighted by Crippen LogP contribution is -2.51. The zero-order valence-corrected chi connectivity index (χ0v) is 13.4. The van der Waals surface area contributed by atoms with Crippen LogP contribution in [0.3, 0.4) is 0 Å². The summed E-state index contributed by atoms with van der Waals surface area (Å²) >= 11 is 1.47. The molecular weight excluding hydrogens is 288 g/mol. The van der Waals surface area contributed by atoms with Crippen LogP contribution >= 0.6 is 11.3 Å². The lowest BCUT2D eigenvalue weighted by atomic mass is 10.1. The monoisotopic (exact) mass is 310 g/mol. The Hall–Kier alpha value is -1.47. The van der Waals surface area contributed by atoms with Gasteiger partial charge in [0.05, 0.1) is 5.01 Å². The van der Waals surface area contributed by atoms with Crippen LogP contribution in [0.1, 0.15) is 29.3 Å². The van der Waals surface area contributed by atoms with Gasteiger partial charge in [-0.2, -0.15) is 0 Å². The lowest BCUT2D eigenvalue weighted by Gasteiger charge is -2.35. The zero-order chi connectivity index (χ0) is 15.4. The van der Waals surface area contributed by atoms with Crippen molar-refractivity contribution >= 4 is 23.2 Å². The molecule has 0 saturated carbocycles. The normalized spacial score (nSPS) is 15.6. The Morgan fingerprint density at radius 2 is 1.90 bits per heavy atom. The molecule has 0 radical (unpaired) electrons. The molecule has 0 aromatic carbocycles. The minimum Gasteiger partial charge on any atom is -0.339 e. The molecule has 0 bridgehead atoms. The fraction of sp³-hybridized carbons (Fsp3) is 0.643. The van der Waals surface area contributed by atoms with Crippen molar-refractivity contribution in [3.05, 3.63) is 16.1 Å². The molecule has 0 unspecified atom stereocenters. The summed E-state index contributed by atoms with van der Waals surface area (Å²) in [6.07, 6.45) is 0.703. The van der Waals surface area contributed by atoms with E-state index in [0.717, 1.165) is 5.01 Å². The summed E-state index contributed by atoms with van der Waals surface area (Å²) < 4.78 is 0. The summed E-state index contributed by atoms with van der Waals surface area (Å²) in [5.41, 5.74) is 5.98. The van der Waals surface area contributed by atoms with Crippen molar-refractivity contribution in [2.24, 2.45) is 11.7 Å². The molecule has 0 spiro atoms. The van der Waals surface area contributed by atoms with E-state index in [-0.39, 0.29) is 17.7 Å². The van der Waals surface area contributed by atoms with Crippen molar-refractivity contribution < 1.29 is 9.59 Å². The predicted molar refractivity (Wildman–Crippen MR) is 82.2 cm³/mol. The average Bonchev–Trinajstić information content (AvgIpc) is 2.95. The Balaban J connectivity index is 1.92. The van der Waals surface area contributed by atoms with Crippen LogP contribution in [0.5, 0.6) is 0 Å². The number of rotatable bonds is 4. The van der Waals surface area contributed by atoms with E-state index in [1.165, 1.54) is 11.3 Å². The molecule has 2 N–H and O–H groups in total. The molecule has 1 aromatic heterocycles. The quantitative estimate of drug-likeness (QED) is 0.882. The van der Waals surface area contributed by atoms with E-state index >= 15 is 0 Å². The lowest BCUT2D eigenvalue weighted by molar-refractivity contribution is -0.135. The van der Waals surface area contributed by atoms with Crippen LogP contribution in [0, 0.1) is 5.92 Å². The molecule has 7 heteroatoms. The van der Waals surface area contributed by atoms with Gasteiger partial charge in [0.15, 0.2) is 0 Å². The van der Waals surface area contributed by atoms with Gasteiger partial charge in [-0.1, -0.05) is 13.8 Å². The maximum Gasteiger partial charge on any atom is 0.273 e. The Labute approximate surface area is 128 Å². The van der Waals surface area contributed by atoms with Crippen molar-refractivity contribution in [3.8, 4) is 0 Å². The number of aromatic nitrogens is 1. The van der Waals surface area contributed by atoms with Gasteiger partial charge in [-0.25, -0.2) is 4.98 Å². The third-order valence-electron chi connectivity index (χ3n) is 3.50. The van der Waals surface area contributed by atoms with Crippen LogP contribution in [0.15, 0.2) is 5.38 Å². The number of amides is 2. The van der Waals surface area contributed by atoms with E-state index in [1.807, 2.05) is 18.7 Å². The van der Waals surface area contributed by atoms with Crippen LogP contribution in [0.25, 0.3) is 0 Å². The van der Waals surface area contributed by atoms with Gasteiger partial charge in [0.25, 0.3) is 5.91 Å². The number of carbonyl (C=O) groups excluding carboxylic acids is 2. The Morgan fingerprint density at radius 1 is 1.29 bits per heavy atom. The Morgan fingerprint density at radius 3 is 2.48 bits per heavy atom. The van der Waals surface area contributed by atoms with Crippen molar-refractivity contribution in [2.75, 3.05) is 32.7 Å². The highest BCUT2D eigenvalue weighted by molar-refractivity contribution is 7.09. The predicted octanol–water partition coefficient (Wildman–Crippen LogP) is 0.585. The van der Waals surface area contributed by atoms with Gasteiger partial charge >= 0.3 is 0 Å².